The van der Waals surface area contributed by atoms with Gasteiger partial charge in [-0.25, -0.2) is 13.1 Å². The van der Waals surface area contributed by atoms with Gasteiger partial charge in [-0.2, -0.15) is 0 Å². The zero-order chi connectivity index (χ0) is 22.6. The number of sulfonamides is 1. The molecule has 0 spiro atoms. The Morgan fingerprint density at radius 3 is 2.32 bits per heavy atom. The summed E-state index contributed by atoms with van der Waals surface area (Å²) in [6.07, 6.45) is 2.90. The van der Waals surface area contributed by atoms with E-state index in [4.69, 9.17) is 4.74 Å². The minimum Gasteiger partial charge on any atom is -0.495 e. The lowest BCUT2D eigenvalue weighted by atomic mass is 9.90. The van der Waals surface area contributed by atoms with Crippen LogP contribution in [0.5, 0.6) is 5.75 Å². The Morgan fingerprint density at radius 1 is 1.10 bits per heavy atom. The van der Waals surface area contributed by atoms with Gasteiger partial charge in [0.05, 0.1) is 7.11 Å². The molecule has 2 aromatic carbocycles. The smallest absolute Gasteiger partial charge is 0.253 e. The summed E-state index contributed by atoms with van der Waals surface area (Å²) in [4.78, 5) is 14.9. The number of piperidine rings is 1. The molecule has 0 unspecified atom stereocenters. The van der Waals surface area contributed by atoms with E-state index < -0.39 is 15.6 Å². The van der Waals surface area contributed by atoms with E-state index in [9.17, 15) is 13.2 Å². The van der Waals surface area contributed by atoms with Crippen LogP contribution in [0.4, 0.5) is 0 Å². The van der Waals surface area contributed by atoms with Gasteiger partial charge in [0.1, 0.15) is 10.6 Å². The van der Waals surface area contributed by atoms with Crippen molar-refractivity contribution in [2.45, 2.75) is 50.5 Å². The van der Waals surface area contributed by atoms with E-state index >= 15 is 0 Å². The second kappa shape index (κ2) is 9.40. The molecule has 1 amide bonds. The summed E-state index contributed by atoms with van der Waals surface area (Å²) in [6.45, 7) is 6.65. The van der Waals surface area contributed by atoms with E-state index in [1.54, 1.807) is 32.9 Å². The molecule has 0 aromatic heterocycles. The third-order valence-corrected chi connectivity index (χ3v) is 7.19. The van der Waals surface area contributed by atoms with E-state index in [0.29, 0.717) is 24.6 Å². The zero-order valence-electron chi connectivity index (χ0n) is 18.7. The van der Waals surface area contributed by atoms with Crippen molar-refractivity contribution in [3.05, 3.63) is 59.7 Å². The Morgan fingerprint density at radius 2 is 1.74 bits per heavy atom. The molecule has 0 bridgehead atoms. The first-order chi connectivity index (χ1) is 14.6. The van der Waals surface area contributed by atoms with Crippen molar-refractivity contribution >= 4 is 15.9 Å². The van der Waals surface area contributed by atoms with Crippen molar-refractivity contribution < 1.29 is 17.9 Å². The Labute approximate surface area is 185 Å². The second-order valence-corrected chi connectivity index (χ2v) is 10.8. The second-order valence-electron chi connectivity index (χ2n) is 9.15. The van der Waals surface area contributed by atoms with E-state index in [2.05, 4.69) is 29.0 Å². The van der Waals surface area contributed by atoms with Crippen LogP contribution in [0.25, 0.3) is 0 Å². The number of amides is 1. The molecular formula is C24H32N2O4S. The lowest BCUT2D eigenvalue weighted by Crippen LogP contribution is -2.41. The summed E-state index contributed by atoms with van der Waals surface area (Å²) < 4.78 is 33.6. The number of carbonyl (C=O) groups is 1. The number of likely N-dealkylation sites (tertiary alicyclic amines) is 1. The van der Waals surface area contributed by atoms with E-state index in [1.165, 1.54) is 18.7 Å². The average Bonchev–Trinajstić information content (AvgIpc) is 2.72. The molecule has 0 atom stereocenters. The molecule has 7 heteroatoms. The van der Waals surface area contributed by atoms with Crippen LogP contribution in [0.2, 0.25) is 0 Å². The number of ether oxygens (including phenoxy) is 1. The highest BCUT2D eigenvalue weighted by Gasteiger charge is 2.28. The molecule has 1 aliphatic heterocycles. The molecule has 6 nitrogen and oxygen atoms in total. The lowest BCUT2D eigenvalue weighted by molar-refractivity contribution is 0.0690. The predicted octanol–water partition coefficient (Wildman–Crippen LogP) is 3.87. The summed E-state index contributed by atoms with van der Waals surface area (Å²) in [5.74, 6) is 0.622. The maximum Gasteiger partial charge on any atom is 0.253 e. The number of hydrogen-bond donors (Lipinski definition) is 1. The number of rotatable bonds is 6. The monoisotopic (exact) mass is 444 g/mol. The van der Waals surface area contributed by atoms with Gasteiger partial charge in [-0.05, 0) is 69.7 Å². The number of benzene rings is 2. The molecule has 1 saturated heterocycles. The van der Waals surface area contributed by atoms with Crippen molar-refractivity contribution in [1.29, 1.82) is 0 Å². The maximum atomic E-state index is 13.1. The van der Waals surface area contributed by atoms with E-state index in [0.717, 1.165) is 19.3 Å². The molecule has 0 aliphatic carbocycles. The van der Waals surface area contributed by atoms with Crippen LogP contribution in [-0.4, -0.2) is 45.0 Å². The fraction of sp³-hybridized carbons (Fsp3) is 0.458. The van der Waals surface area contributed by atoms with Crippen molar-refractivity contribution in [1.82, 2.24) is 9.62 Å². The largest absolute Gasteiger partial charge is 0.495 e. The fourth-order valence-corrected chi connectivity index (χ4v) is 5.56. The molecule has 0 saturated carbocycles. The van der Waals surface area contributed by atoms with Crippen LogP contribution in [0, 0.1) is 5.92 Å². The van der Waals surface area contributed by atoms with Gasteiger partial charge in [0.2, 0.25) is 10.0 Å². The van der Waals surface area contributed by atoms with Crippen LogP contribution in [0.15, 0.2) is 53.4 Å². The first-order valence-corrected chi connectivity index (χ1v) is 12.1. The highest BCUT2D eigenvalue weighted by Crippen LogP contribution is 2.28. The highest BCUT2D eigenvalue weighted by molar-refractivity contribution is 7.89. The van der Waals surface area contributed by atoms with Crippen molar-refractivity contribution in [3.8, 4) is 5.75 Å². The van der Waals surface area contributed by atoms with Crippen LogP contribution in [0.1, 0.15) is 49.5 Å². The van der Waals surface area contributed by atoms with Crippen molar-refractivity contribution in [2.75, 3.05) is 20.2 Å². The zero-order valence-corrected chi connectivity index (χ0v) is 19.5. The van der Waals surface area contributed by atoms with Gasteiger partial charge in [-0.15, -0.1) is 0 Å². The Kier molecular flexibility index (Phi) is 7.06. The molecule has 0 radical (unpaired) electrons. The van der Waals surface area contributed by atoms with Crippen molar-refractivity contribution in [3.63, 3.8) is 0 Å². The molecule has 31 heavy (non-hydrogen) atoms. The van der Waals surface area contributed by atoms with Gasteiger partial charge < -0.3 is 9.64 Å². The molecule has 1 N–H and O–H groups in total. The maximum absolute atomic E-state index is 13.1. The predicted molar refractivity (Wildman–Crippen MR) is 122 cm³/mol. The minimum absolute atomic E-state index is 0.0188. The third-order valence-electron chi connectivity index (χ3n) is 5.41. The summed E-state index contributed by atoms with van der Waals surface area (Å²) in [5, 5.41) is 0. The van der Waals surface area contributed by atoms with Gasteiger partial charge >= 0.3 is 0 Å². The third kappa shape index (κ3) is 6.08. The van der Waals surface area contributed by atoms with Crippen molar-refractivity contribution in [2.24, 2.45) is 5.92 Å². The quantitative estimate of drug-likeness (QED) is 0.734. The van der Waals surface area contributed by atoms with E-state index in [-0.39, 0.29) is 16.6 Å². The molecule has 1 aliphatic rings. The van der Waals surface area contributed by atoms with E-state index in [1.807, 2.05) is 11.0 Å². The van der Waals surface area contributed by atoms with Crippen LogP contribution >= 0.6 is 0 Å². The first kappa shape index (κ1) is 23.3. The summed E-state index contributed by atoms with van der Waals surface area (Å²) in [5.41, 5.74) is 1.03. The van der Waals surface area contributed by atoms with Crippen LogP contribution < -0.4 is 9.46 Å². The van der Waals surface area contributed by atoms with Gasteiger partial charge in [-0.1, -0.05) is 30.3 Å². The standard InChI is InChI=1S/C24H32N2O4S/c1-24(2,3)25-31(28,29)22-17-20(10-11-21(22)30-4)23(27)26-14-12-19(13-15-26)16-18-8-6-5-7-9-18/h5-11,17,19,25H,12-16H2,1-4H3. The fourth-order valence-electron chi connectivity index (χ4n) is 3.95. The van der Waals surface area contributed by atoms with Crippen LogP contribution in [-0.2, 0) is 16.4 Å². The molecule has 168 valence electrons. The highest BCUT2D eigenvalue weighted by atomic mass is 32.2. The minimum atomic E-state index is -3.84. The first-order valence-electron chi connectivity index (χ1n) is 10.6. The van der Waals surface area contributed by atoms with Crippen LogP contribution in [0.3, 0.4) is 0 Å². The van der Waals surface area contributed by atoms with Gasteiger partial charge in [0.25, 0.3) is 5.91 Å². The van der Waals surface area contributed by atoms with Gasteiger partial charge in [0, 0.05) is 24.2 Å². The number of methoxy groups -OCH3 is 1. The molecular weight excluding hydrogens is 412 g/mol. The molecule has 1 heterocycles. The average molecular weight is 445 g/mol. The Bertz CT molecular complexity index is 1010. The number of hydrogen-bond acceptors (Lipinski definition) is 4. The molecule has 1 fully saturated rings. The summed E-state index contributed by atoms with van der Waals surface area (Å²) in [6, 6.07) is 15.0. The summed E-state index contributed by atoms with van der Waals surface area (Å²) >= 11 is 0. The Balaban J connectivity index is 1.72. The lowest BCUT2D eigenvalue weighted by Gasteiger charge is -2.32. The molecule has 3 rings (SSSR count). The Hall–Kier alpha value is -2.38. The number of nitrogens with one attached hydrogen (secondary N) is 1. The summed E-state index contributed by atoms with van der Waals surface area (Å²) in [7, 11) is -2.42. The van der Waals surface area contributed by atoms with Gasteiger partial charge in [-0.3, -0.25) is 4.79 Å². The topological polar surface area (TPSA) is 75.7 Å². The normalized spacial score (nSPS) is 15.7. The SMILES string of the molecule is COc1ccc(C(=O)N2CCC(Cc3ccccc3)CC2)cc1S(=O)(=O)NC(C)(C)C. The molecule has 2 aromatic rings. The number of carbonyl (C=O) groups excluding carboxylic acids is 1. The number of nitrogens with zero attached hydrogens (tertiary/aromatic N) is 1. The van der Waals surface area contributed by atoms with Gasteiger partial charge in [0.15, 0.2) is 0 Å².